The smallest absolute Gasteiger partial charge is 0.254 e. The van der Waals surface area contributed by atoms with E-state index < -0.39 is 12.3 Å². The second-order valence-electron chi connectivity index (χ2n) is 22.7. The molecule has 17 rings (SSSR count). The summed E-state index contributed by atoms with van der Waals surface area (Å²) in [5.74, 6) is 0. The summed E-state index contributed by atoms with van der Waals surface area (Å²) in [5, 5.41) is 6.83. The third-order valence-corrected chi connectivity index (χ3v) is 17.4. The van der Waals surface area contributed by atoms with Crippen molar-refractivity contribution in [3.05, 3.63) is 389 Å². The number of aromatic nitrogens is 6. The molecule has 0 aliphatic rings. The van der Waals surface area contributed by atoms with Crippen molar-refractivity contribution in [3.8, 4) is 0 Å². The van der Waals surface area contributed by atoms with Crippen molar-refractivity contribution in [2.45, 2.75) is 0 Å². The first kappa shape index (κ1) is 61.8. The molecular weight excluding hydrogens is 1170 g/mol. The first-order valence-electron chi connectivity index (χ1n) is 31.2. The molecule has 0 unspecified atom stereocenters. The van der Waals surface area contributed by atoms with Crippen LogP contribution in [0.4, 0.5) is 0 Å². The van der Waals surface area contributed by atoms with E-state index in [9.17, 15) is 0 Å². The fourth-order valence-corrected chi connectivity index (χ4v) is 13.3. The largest absolute Gasteiger partial charge is 2.00 e. The monoisotopic (exact) mass is 1230 g/mol. The SMILES string of the molecule is [Fe+2].c1ccc([B-](c2ccccc2)(c2ccccc2)c2ccccc2)cc1.c1ccc([B-](c2ccccc2)(c2ccccc2)c2ccccc2)cc1.c1cnc2c(c1)ccc1cccnc12.c1cnc2c(c1)ccc1cccnc12.c1cnc2c(c1)ccc1cccnc12. The van der Waals surface area contributed by atoms with Crippen LogP contribution in [0.25, 0.3) is 65.4 Å². The predicted octanol–water partition coefficient (Wildman–Crippen LogP) is 14.5. The Hall–Kier alpha value is -11.5. The summed E-state index contributed by atoms with van der Waals surface area (Å²) in [7, 11) is 0. The van der Waals surface area contributed by atoms with Crippen LogP contribution >= 0.6 is 0 Å². The van der Waals surface area contributed by atoms with Gasteiger partial charge in [0.25, 0.3) is 0 Å². The van der Waals surface area contributed by atoms with Gasteiger partial charge in [-0.05, 0) is 36.4 Å². The third-order valence-electron chi connectivity index (χ3n) is 17.4. The molecule has 93 heavy (non-hydrogen) atoms. The van der Waals surface area contributed by atoms with E-state index in [-0.39, 0.29) is 17.1 Å². The molecule has 17 aromatic rings. The normalized spacial score (nSPS) is 10.9. The van der Waals surface area contributed by atoms with Crippen molar-refractivity contribution in [2.75, 3.05) is 0 Å². The fraction of sp³-hybridized carbons (Fsp3) is 0. The zero-order valence-electron chi connectivity index (χ0n) is 51.1. The summed E-state index contributed by atoms with van der Waals surface area (Å²) in [6.07, 6.45) is 8.38. The van der Waals surface area contributed by atoms with Gasteiger partial charge in [-0.25, -0.2) is 0 Å². The van der Waals surface area contributed by atoms with Crippen LogP contribution in [0.2, 0.25) is 0 Å². The molecule has 0 amide bonds. The van der Waals surface area contributed by atoms with Crippen molar-refractivity contribution in [1.29, 1.82) is 0 Å². The van der Waals surface area contributed by atoms with Gasteiger partial charge in [-0.2, -0.15) is 43.7 Å². The van der Waals surface area contributed by atoms with E-state index in [0.29, 0.717) is 0 Å². The van der Waals surface area contributed by atoms with E-state index in [4.69, 9.17) is 0 Å². The molecule has 0 fully saturated rings. The molecule has 11 aromatic carbocycles. The molecule has 6 heterocycles. The molecule has 0 aliphatic heterocycles. The Morgan fingerprint density at radius 2 is 0.269 bits per heavy atom. The summed E-state index contributed by atoms with van der Waals surface area (Å²) >= 11 is 0. The molecular formula is C84H64B2FeN6. The number of benzene rings is 11. The molecule has 0 saturated carbocycles. The Morgan fingerprint density at radius 1 is 0.140 bits per heavy atom. The summed E-state index contributed by atoms with van der Waals surface area (Å²) in [5.41, 5.74) is 16.6. The number of nitrogens with zero attached hydrogens (tertiary/aromatic N) is 6. The fourth-order valence-electron chi connectivity index (χ4n) is 13.3. The van der Waals surface area contributed by atoms with Crippen molar-refractivity contribution < 1.29 is 17.1 Å². The molecule has 0 N–H and O–H groups in total. The molecule has 6 aromatic heterocycles. The standard InChI is InChI=1S/2C24H20B.3C12H8N2.Fe/c2*1-5-13-21(14-6-1)25(22-15-7-2-8-16-22,23-17-9-3-10-18-23)24-19-11-4-12-20-24;3*1-3-9-5-6-10-4-2-8-14-12(10)11(9)13-7-1;/h2*1-20H;3*1-8H;/q2*-1;;;;+2. The number of fused-ring (bicyclic) bond motifs is 9. The maximum Gasteiger partial charge on any atom is 2.00 e. The third kappa shape index (κ3) is 13.3. The van der Waals surface area contributed by atoms with E-state index in [1.54, 1.807) is 37.2 Å². The van der Waals surface area contributed by atoms with Gasteiger partial charge in [0, 0.05) is 69.5 Å². The molecule has 6 nitrogen and oxygen atoms in total. The molecule has 0 spiro atoms. The van der Waals surface area contributed by atoms with E-state index in [1.807, 2.05) is 36.4 Å². The van der Waals surface area contributed by atoms with Gasteiger partial charge in [0.2, 0.25) is 0 Å². The van der Waals surface area contributed by atoms with Crippen molar-refractivity contribution in [3.63, 3.8) is 0 Å². The van der Waals surface area contributed by atoms with Gasteiger partial charge < -0.3 is 0 Å². The summed E-state index contributed by atoms with van der Waals surface area (Å²) < 4.78 is 0. The van der Waals surface area contributed by atoms with Crippen molar-refractivity contribution >= 4 is 121 Å². The average molecular weight is 1230 g/mol. The maximum atomic E-state index is 4.35. The Balaban J connectivity index is 0.000000114. The van der Waals surface area contributed by atoms with Gasteiger partial charge in [0.05, 0.1) is 33.1 Å². The minimum atomic E-state index is -1.22. The van der Waals surface area contributed by atoms with Gasteiger partial charge in [-0.3, -0.25) is 29.9 Å². The Morgan fingerprint density at radius 3 is 0.398 bits per heavy atom. The van der Waals surface area contributed by atoms with Crippen LogP contribution in [0.15, 0.2) is 389 Å². The predicted molar refractivity (Wildman–Crippen MR) is 391 cm³/mol. The second kappa shape index (κ2) is 29.9. The van der Waals surface area contributed by atoms with Crippen LogP contribution in [0.1, 0.15) is 0 Å². The number of rotatable bonds is 8. The minimum Gasteiger partial charge on any atom is -0.254 e. The minimum absolute atomic E-state index is 0. The van der Waals surface area contributed by atoms with Crippen LogP contribution in [0, 0.1) is 0 Å². The van der Waals surface area contributed by atoms with E-state index in [2.05, 4.69) is 345 Å². The Labute approximate surface area is 553 Å². The Kier molecular flexibility index (Phi) is 19.9. The first-order valence-corrected chi connectivity index (χ1v) is 31.2. The molecule has 444 valence electrons. The van der Waals surface area contributed by atoms with Gasteiger partial charge >= 0.3 is 17.1 Å². The number of hydrogen-bond donors (Lipinski definition) is 0. The van der Waals surface area contributed by atoms with E-state index in [0.717, 1.165) is 65.4 Å². The number of hydrogen-bond acceptors (Lipinski definition) is 6. The molecule has 0 aliphatic carbocycles. The van der Waals surface area contributed by atoms with Crippen LogP contribution in [0.3, 0.4) is 0 Å². The van der Waals surface area contributed by atoms with E-state index in [1.165, 1.54) is 43.7 Å². The maximum absolute atomic E-state index is 4.35. The van der Waals surface area contributed by atoms with Crippen LogP contribution in [0.5, 0.6) is 0 Å². The molecule has 9 heteroatoms. The van der Waals surface area contributed by atoms with Gasteiger partial charge in [0.1, 0.15) is 12.3 Å². The summed E-state index contributed by atoms with van der Waals surface area (Å²) in [6.45, 7) is 0. The zero-order chi connectivity index (χ0) is 62.0. The topological polar surface area (TPSA) is 77.3 Å². The van der Waals surface area contributed by atoms with E-state index >= 15 is 0 Å². The molecule has 0 radical (unpaired) electrons. The summed E-state index contributed by atoms with van der Waals surface area (Å²) in [4.78, 5) is 26.1. The molecule has 0 saturated heterocycles. The Bertz CT molecular complexity index is 4250. The molecule has 0 atom stereocenters. The second-order valence-corrected chi connectivity index (χ2v) is 22.7. The average Bonchev–Trinajstić information content (AvgIpc) is 0.772. The van der Waals surface area contributed by atoms with Gasteiger partial charge in [0.15, 0.2) is 0 Å². The molecule has 0 bridgehead atoms. The van der Waals surface area contributed by atoms with Crippen molar-refractivity contribution in [1.82, 2.24) is 29.9 Å². The van der Waals surface area contributed by atoms with Crippen LogP contribution < -0.4 is 43.7 Å². The first-order chi connectivity index (χ1) is 45.7. The quantitative estimate of drug-likeness (QED) is 0.111. The van der Waals surface area contributed by atoms with Gasteiger partial charge in [-0.1, -0.05) is 315 Å². The van der Waals surface area contributed by atoms with Crippen LogP contribution in [-0.4, -0.2) is 42.2 Å². The zero-order valence-corrected chi connectivity index (χ0v) is 52.2. The van der Waals surface area contributed by atoms with Gasteiger partial charge in [-0.15, -0.1) is 0 Å². The number of pyridine rings is 6. The van der Waals surface area contributed by atoms with Crippen LogP contribution in [-0.2, 0) is 17.1 Å². The summed E-state index contributed by atoms with van der Waals surface area (Å²) in [6, 6.07) is 123. The van der Waals surface area contributed by atoms with Crippen molar-refractivity contribution in [2.24, 2.45) is 0 Å².